The number of hydrogen-bond acceptors (Lipinski definition) is 3. The van der Waals surface area contributed by atoms with Crippen LogP contribution in [0.1, 0.15) is 31.2 Å². The molecule has 0 fully saturated rings. The fourth-order valence-electron chi connectivity index (χ4n) is 1.72. The van der Waals surface area contributed by atoms with Gasteiger partial charge in [0.2, 0.25) is 0 Å². The lowest BCUT2D eigenvalue weighted by molar-refractivity contribution is 0.307. The molecule has 0 saturated carbocycles. The van der Waals surface area contributed by atoms with Crippen LogP contribution in [0.25, 0.3) is 0 Å². The number of nitrogens with one attached hydrogen (secondary N) is 1. The van der Waals surface area contributed by atoms with Crippen LogP contribution in [0.2, 0.25) is 0 Å². The summed E-state index contributed by atoms with van der Waals surface area (Å²) in [6.07, 6.45) is 0. The minimum Gasteiger partial charge on any atom is -0.487 e. The summed E-state index contributed by atoms with van der Waals surface area (Å²) >= 11 is 8.73. The molecule has 0 aliphatic carbocycles. The second-order valence-electron chi connectivity index (χ2n) is 5.89. The summed E-state index contributed by atoms with van der Waals surface area (Å²) in [5.41, 5.74) is 1.36. The van der Waals surface area contributed by atoms with Crippen LogP contribution in [0.5, 0.6) is 5.75 Å². The Morgan fingerprint density at radius 2 is 1.95 bits per heavy atom. The lowest BCUT2D eigenvalue weighted by Gasteiger charge is -2.20. The van der Waals surface area contributed by atoms with E-state index in [1.807, 2.05) is 6.07 Å². The minimum atomic E-state index is 0.119. The third kappa shape index (κ3) is 5.74. The first-order valence-electron chi connectivity index (χ1n) is 6.73. The Morgan fingerprint density at radius 1 is 1.19 bits per heavy atom. The highest BCUT2D eigenvalue weighted by Gasteiger charge is 2.10. The van der Waals surface area contributed by atoms with Crippen molar-refractivity contribution in [3.05, 3.63) is 49.0 Å². The average Bonchev–Trinajstić information content (AvgIpc) is 2.80. The average molecular weight is 433 g/mol. The van der Waals surface area contributed by atoms with Gasteiger partial charge in [0.25, 0.3) is 0 Å². The van der Waals surface area contributed by atoms with Gasteiger partial charge in [0, 0.05) is 26.8 Å². The zero-order chi connectivity index (χ0) is 15.5. The van der Waals surface area contributed by atoms with E-state index in [0.29, 0.717) is 6.61 Å². The number of halogens is 2. The Morgan fingerprint density at radius 3 is 2.52 bits per heavy atom. The molecule has 0 spiro atoms. The molecule has 0 radical (unpaired) electrons. The van der Waals surface area contributed by atoms with Gasteiger partial charge in [0.15, 0.2) is 0 Å². The molecule has 0 atom stereocenters. The molecule has 0 aliphatic heterocycles. The summed E-state index contributed by atoms with van der Waals surface area (Å²) in [6.45, 7) is 7.94. The van der Waals surface area contributed by atoms with E-state index in [2.05, 4.69) is 81.5 Å². The van der Waals surface area contributed by atoms with Gasteiger partial charge in [-0.15, -0.1) is 11.3 Å². The third-order valence-corrected chi connectivity index (χ3v) is 5.10. The molecule has 5 heteroatoms. The summed E-state index contributed by atoms with van der Waals surface area (Å²) in [4.78, 5) is 1.20. The first-order valence-corrected chi connectivity index (χ1v) is 9.19. The predicted molar refractivity (Wildman–Crippen MR) is 97.1 cm³/mol. The quantitative estimate of drug-likeness (QED) is 0.650. The van der Waals surface area contributed by atoms with Crippen molar-refractivity contribution in [2.45, 2.75) is 39.5 Å². The molecule has 1 N–H and O–H groups in total. The number of ether oxygens (including phenoxy) is 1. The lowest BCUT2D eigenvalue weighted by atomic mass is 10.1. The van der Waals surface area contributed by atoms with Crippen LogP contribution < -0.4 is 10.1 Å². The van der Waals surface area contributed by atoms with E-state index in [0.717, 1.165) is 21.2 Å². The van der Waals surface area contributed by atoms with Gasteiger partial charge in [-0.2, -0.15) is 0 Å². The van der Waals surface area contributed by atoms with Gasteiger partial charge in [-0.25, -0.2) is 0 Å². The van der Waals surface area contributed by atoms with Gasteiger partial charge in [0.1, 0.15) is 12.4 Å². The van der Waals surface area contributed by atoms with Gasteiger partial charge < -0.3 is 10.1 Å². The Hall–Kier alpha value is -0.360. The highest BCUT2D eigenvalue weighted by atomic mass is 79.9. The van der Waals surface area contributed by atoms with E-state index in [1.54, 1.807) is 11.3 Å². The summed E-state index contributed by atoms with van der Waals surface area (Å²) in [5, 5.41) is 5.54. The molecule has 1 aromatic heterocycles. The number of thiophene rings is 1. The van der Waals surface area contributed by atoms with Crippen molar-refractivity contribution >= 4 is 43.2 Å². The minimum absolute atomic E-state index is 0.119. The highest BCUT2D eigenvalue weighted by molar-refractivity contribution is 9.10. The molecule has 21 heavy (non-hydrogen) atoms. The van der Waals surface area contributed by atoms with E-state index < -0.39 is 0 Å². The van der Waals surface area contributed by atoms with Crippen LogP contribution in [-0.4, -0.2) is 5.54 Å². The first-order chi connectivity index (χ1) is 9.83. The predicted octanol–water partition coefficient (Wildman–Crippen LogP) is 5.74. The van der Waals surface area contributed by atoms with Gasteiger partial charge in [0.05, 0.1) is 4.47 Å². The molecule has 0 amide bonds. The first kappa shape index (κ1) is 17.0. The maximum atomic E-state index is 5.86. The maximum Gasteiger partial charge on any atom is 0.134 e. The van der Waals surface area contributed by atoms with E-state index >= 15 is 0 Å². The Labute approximate surface area is 147 Å². The molecule has 2 nitrogen and oxygen atoms in total. The molecular weight excluding hydrogens is 414 g/mol. The smallest absolute Gasteiger partial charge is 0.134 e. The molecule has 0 saturated heterocycles. The Bertz CT molecular complexity index is 605. The maximum absolute atomic E-state index is 5.86. The fraction of sp³-hybridized carbons (Fsp3) is 0.375. The molecule has 2 aromatic rings. The Balaban J connectivity index is 1.95. The molecule has 2 rings (SSSR count). The van der Waals surface area contributed by atoms with Gasteiger partial charge in [-0.1, -0.05) is 6.07 Å². The van der Waals surface area contributed by atoms with Crippen molar-refractivity contribution in [3.8, 4) is 5.75 Å². The number of rotatable bonds is 5. The van der Waals surface area contributed by atoms with Gasteiger partial charge >= 0.3 is 0 Å². The van der Waals surface area contributed by atoms with E-state index in [-0.39, 0.29) is 5.54 Å². The van der Waals surface area contributed by atoms with E-state index in [9.17, 15) is 0 Å². The monoisotopic (exact) mass is 431 g/mol. The van der Waals surface area contributed by atoms with Crippen molar-refractivity contribution in [1.82, 2.24) is 5.32 Å². The molecule has 0 unspecified atom stereocenters. The van der Waals surface area contributed by atoms with Crippen LogP contribution in [0.4, 0.5) is 0 Å². The zero-order valence-corrected chi connectivity index (χ0v) is 16.4. The van der Waals surface area contributed by atoms with E-state index in [4.69, 9.17) is 4.74 Å². The zero-order valence-electron chi connectivity index (χ0n) is 12.4. The standard InChI is InChI=1S/C16H19Br2NOS/c1-16(2,3)19-8-11-4-5-15(14(18)6-11)20-9-13-7-12(17)10-21-13/h4-7,10,19H,8-9H2,1-3H3. The Kier molecular flexibility index (Phi) is 5.88. The van der Waals surface area contributed by atoms with Crippen LogP contribution in [-0.2, 0) is 13.2 Å². The largest absolute Gasteiger partial charge is 0.487 e. The highest BCUT2D eigenvalue weighted by Crippen LogP contribution is 2.28. The van der Waals surface area contributed by atoms with Crippen molar-refractivity contribution in [2.24, 2.45) is 0 Å². The van der Waals surface area contributed by atoms with Crippen LogP contribution in [0, 0.1) is 0 Å². The van der Waals surface area contributed by atoms with E-state index in [1.165, 1.54) is 10.4 Å². The van der Waals surface area contributed by atoms with Crippen LogP contribution in [0.3, 0.4) is 0 Å². The molecule has 0 bridgehead atoms. The fourth-order valence-corrected chi connectivity index (χ4v) is 3.62. The molecule has 114 valence electrons. The normalized spacial score (nSPS) is 11.7. The summed E-state index contributed by atoms with van der Waals surface area (Å²) in [5.74, 6) is 0.874. The van der Waals surface area contributed by atoms with Crippen molar-refractivity contribution < 1.29 is 4.74 Å². The molecule has 1 heterocycles. The summed E-state index contributed by atoms with van der Waals surface area (Å²) in [7, 11) is 0. The lowest BCUT2D eigenvalue weighted by Crippen LogP contribution is -2.35. The molecule has 0 aliphatic rings. The number of hydrogen-bond donors (Lipinski definition) is 1. The van der Waals surface area contributed by atoms with Gasteiger partial charge in [-0.3, -0.25) is 0 Å². The second-order valence-corrected chi connectivity index (χ2v) is 8.65. The summed E-state index contributed by atoms with van der Waals surface area (Å²) < 4.78 is 7.96. The topological polar surface area (TPSA) is 21.3 Å². The molecular formula is C16H19Br2NOS. The third-order valence-electron chi connectivity index (χ3n) is 2.81. The van der Waals surface area contributed by atoms with Crippen LogP contribution >= 0.6 is 43.2 Å². The number of benzene rings is 1. The summed E-state index contributed by atoms with van der Waals surface area (Å²) in [6, 6.07) is 8.31. The SMILES string of the molecule is CC(C)(C)NCc1ccc(OCc2cc(Br)cs2)c(Br)c1. The van der Waals surface area contributed by atoms with Crippen molar-refractivity contribution in [1.29, 1.82) is 0 Å². The second kappa shape index (κ2) is 7.27. The van der Waals surface area contributed by atoms with Gasteiger partial charge in [-0.05, 0) is 76.4 Å². The van der Waals surface area contributed by atoms with Crippen molar-refractivity contribution in [3.63, 3.8) is 0 Å². The molecule has 1 aromatic carbocycles. The van der Waals surface area contributed by atoms with Crippen molar-refractivity contribution in [2.75, 3.05) is 0 Å². The van der Waals surface area contributed by atoms with Crippen LogP contribution in [0.15, 0.2) is 38.6 Å².